The molecule has 0 saturated carbocycles. The number of carbonyl (C=O) groups excluding carboxylic acids is 1. The molecule has 3 rings (SSSR count). The molecule has 0 aromatic heterocycles. The molecule has 0 fully saturated rings. The number of rotatable bonds is 5. The topological polar surface area (TPSA) is 35.5 Å². The molecule has 0 amide bonds. The van der Waals surface area contributed by atoms with Crippen LogP contribution in [-0.2, 0) is 13.8 Å². The maximum atomic E-state index is 12.4. The SMILES string of the molecule is CC(=O)OP1(OC(C)C)=C(c2ccccc2)C=C(c2ccccc2)C=C1C(C)(C)C. The molecule has 0 radical (unpaired) electrons. The predicted molar refractivity (Wildman–Crippen MR) is 127 cm³/mol. The van der Waals surface area contributed by atoms with Gasteiger partial charge in [0.05, 0.1) is 6.10 Å². The molecular formula is C26H31O3P. The lowest BCUT2D eigenvalue weighted by Gasteiger charge is -2.40. The molecule has 1 unspecified atom stereocenters. The van der Waals surface area contributed by atoms with E-state index in [1.165, 1.54) is 6.92 Å². The van der Waals surface area contributed by atoms with Crippen LogP contribution in [0.15, 0.2) is 78.1 Å². The summed E-state index contributed by atoms with van der Waals surface area (Å²) in [5.74, 6) is -0.330. The highest BCUT2D eigenvalue weighted by Crippen LogP contribution is 2.67. The maximum absolute atomic E-state index is 12.4. The third kappa shape index (κ3) is 4.69. The minimum Gasteiger partial charge on any atom is -0.418 e. The van der Waals surface area contributed by atoms with Gasteiger partial charge in [0.15, 0.2) is 0 Å². The molecule has 1 aliphatic rings. The van der Waals surface area contributed by atoms with Crippen molar-refractivity contribution in [2.75, 3.05) is 0 Å². The van der Waals surface area contributed by atoms with Gasteiger partial charge in [-0.05, 0) is 48.1 Å². The van der Waals surface area contributed by atoms with Gasteiger partial charge in [0, 0.05) is 17.5 Å². The average molecular weight is 423 g/mol. The minimum atomic E-state index is -2.87. The van der Waals surface area contributed by atoms with E-state index in [1.807, 2.05) is 50.2 Å². The normalized spacial score (nSPS) is 19.4. The molecule has 158 valence electrons. The second-order valence-electron chi connectivity index (χ2n) is 8.79. The Morgan fingerprint density at radius 1 is 0.867 bits per heavy atom. The van der Waals surface area contributed by atoms with Crippen LogP contribution in [0.2, 0.25) is 0 Å². The third-order valence-corrected chi connectivity index (χ3v) is 8.47. The van der Waals surface area contributed by atoms with E-state index in [-0.39, 0.29) is 17.5 Å². The molecule has 2 aromatic rings. The van der Waals surface area contributed by atoms with E-state index < -0.39 is 7.34 Å². The van der Waals surface area contributed by atoms with Gasteiger partial charge in [-0.15, -0.1) is 0 Å². The van der Waals surface area contributed by atoms with Crippen molar-refractivity contribution in [3.63, 3.8) is 0 Å². The van der Waals surface area contributed by atoms with E-state index in [0.29, 0.717) is 0 Å². The second kappa shape index (κ2) is 8.79. The number of benzene rings is 2. The molecule has 0 aliphatic carbocycles. The van der Waals surface area contributed by atoms with Gasteiger partial charge in [-0.2, -0.15) is 0 Å². The van der Waals surface area contributed by atoms with Gasteiger partial charge in [0.25, 0.3) is 0 Å². The first-order valence-electron chi connectivity index (χ1n) is 10.3. The van der Waals surface area contributed by atoms with Gasteiger partial charge in [0.2, 0.25) is 7.34 Å². The summed E-state index contributed by atoms with van der Waals surface area (Å²) in [6, 6.07) is 20.4. The van der Waals surface area contributed by atoms with E-state index in [2.05, 4.69) is 57.2 Å². The van der Waals surface area contributed by atoms with Crippen molar-refractivity contribution in [3.05, 3.63) is 89.3 Å². The molecule has 30 heavy (non-hydrogen) atoms. The van der Waals surface area contributed by atoms with E-state index in [4.69, 9.17) is 9.05 Å². The van der Waals surface area contributed by atoms with Crippen LogP contribution >= 0.6 is 7.34 Å². The highest BCUT2D eigenvalue weighted by molar-refractivity contribution is 7.72. The highest BCUT2D eigenvalue weighted by Gasteiger charge is 2.41. The van der Waals surface area contributed by atoms with Gasteiger partial charge in [-0.1, -0.05) is 81.4 Å². The van der Waals surface area contributed by atoms with Crippen LogP contribution in [0.5, 0.6) is 0 Å². The molecule has 2 aromatic carbocycles. The molecule has 4 heteroatoms. The van der Waals surface area contributed by atoms with Crippen LogP contribution in [-0.4, -0.2) is 17.4 Å². The zero-order valence-corrected chi connectivity index (χ0v) is 19.6. The lowest BCUT2D eigenvalue weighted by molar-refractivity contribution is -0.132. The molecular weight excluding hydrogens is 391 g/mol. The zero-order valence-electron chi connectivity index (χ0n) is 18.7. The standard InChI is InChI=1S/C26H31O3P/c1-19(2)28-30(29-20(3)27)24(22-15-11-8-12-16-22)17-23(18-25(30)26(4,5)6)21-13-9-7-10-14-21/h7-19H,1-6H3. The van der Waals surface area contributed by atoms with E-state index >= 15 is 0 Å². The first-order chi connectivity index (χ1) is 14.1. The fraction of sp³-hybridized carbons (Fsp3) is 0.308. The van der Waals surface area contributed by atoms with Gasteiger partial charge >= 0.3 is 5.97 Å². The van der Waals surface area contributed by atoms with E-state index in [9.17, 15) is 4.79 Å². The smallest absolute Gasteiger partial charge is 0.307 e. The molecule has 0 saturated heterocycles. The van der Waals surface area contributed by atoms with Gasteiger partial charge in [0.1, 0.15) is 0 Å². The number of carbonyl (C=O) groups is 1. The Morgan fingerprint density at radius 3 is 1.87 bits per heavy atom. The van der Waals surface area contributed by atoms with E-state index in [0.717, 1.165) is 27.3 Å². The Balaban J connectivity index is 2.45. The number of hydrogen-bond donors (Lipinski definition) is 0. The summed E-state index contributed by atoms with van der Waals surface area (Å²) in [6.45, 7) is 11.9. The molecule has 0 N–H and O–H groups in total. The van der Waals surface area contributed by atoms with Crippen molar-refractivity contribution in [1.29, 1.82) is 0 Å². The highest BCUT2D eigenvalue weighted by atomic mass is 31.2. The summed E-state index contributed by atoms with van der Waals surface area (Å²) in [5, 5.41) is 1.97. The average Bonchev–Trinajstić information content (AvgIpc) is 2.67. The fourth-order valence-corrected chi connectivity index (χ4v) is 7.34. The fourth-order valence-electron chi connectivity index (χ4n) is 3.66. The molecule has 0 spiro atoms. The quantitative estimate of drug-likeness (QED) is 0.484. The Hall–Kier alpha value is -2.35. The van der Waals surface area contributed by atoms with Gasteiger partial charge in [-0.25, -0.2) is 0 Å². The summed E-state index contributed by atoms with van der Waals surface area (Å²) in [5.41, 5.74) is 2.97. The number of allylic oxidation sites excluding steroid dienone is 4. The molecule has 0 bridgehead atoms. The van der Waals surface area contributed by atoms with Gasteiger partial charge < -0.3 is 9.05 Å². The molecule has 3 nitrogen and oxygen atoms in total. The van der Waals surface area contributed by atoms with E-state index in [1.54, 1.807) is 0 Å². The van der Waals surface area contributed by atoms with Crippen molar-refractivity contribution in [1.82, 2.24) is 0 Å². The predicted octanol–water partition coefficient (Wildman–Crippen LogP) is 7.07. The van der Waals surface area contributed by atoms with Crippen LogP contribution in [0, 0.1) is 5.41 Å². The zero-order chi connectivity index (χ0) is 21.9. The summed E-state index contributed by atoms with van der Waals surface area (Å²) < 4.78 is 12.8. The van der Waals surface area contributed by atoms with Crippen LogP contribution < -0.4 is 0 Å². The molecule has 1 heterocycles. The lowest BCUT2D eigenvalue weighted by atomic mass is 9.92. The Bertz CT molecular complexity index is 1020. The summed E-state index contributed by atoms with van der Waals surface area (Å²) >= 11 is 0. The monoisotopic (exact) mass is 422 g/mol. The second-order valence-corrected chi connectivity index (χ2v) is 11.2. The minimum absolute atomic E-state index is 0.103. The van der Waals surface area contributed by atoms with Crippen molar-refractivity contribution in [2.45, 2.75) is 47.6 Å². The first kappa shape index (κ1) is 22.3. The van der Waals surface area contributed by atoms with Crippen LogP contribution in [0.1, 0.15) is 52.7 Å². The summed E-state index contributed by atoms with van der Waals surface area (Å²) in [7, 11) is -2.87. The third-order valence-electron chi connectivity index (χ3n) is 4.78. The summed E-state index contributed by atoms with van der Waals surface area (Å²) in [4.78, 5) is 12.4. The molecule has 1 aliphatic heterocycles. The lowest BCUT2D eigenvalue weighted by Crippen LogP contribution is -2.23. The van der Waals surface area contributed by atoms with Crippen LogP contribution in [0.25, 0.3) is 5.57 Å². The van der Waals surface area contributed by atoms with Gasteiger partial charge in [-0.3, -0.25) is 4.79 Å². The van der Waals surface area contributed by atoms with Crippen molar-refractivity contribution < 1.29 is 13.8 Å². The van der Waals surface area contributed by atoms with Crippen molar-refractivity contribution in [2.24, 2.45) is 5.41 Å². The van der Waals surface area contributed by atoms with Crippen LogP contribution in [0.4, 0.5) is 0 Å². The number of hydrogen-bond acceptors (Lipinski definition) is 3. The van der Waals surface area contributed by atoms with Crippen LogP contribution in [0.3, 0.4) is 0 Å². The first-order valence-corrected chi connectivity index (χ1v) is 12.0. The van der Waals surface area contributed by atoms with Crippen molar-refractivity contribution >= 4 is 24.2 Å². The Morgan fingerprint density at radius 2 is 1.40 bits per heavy atom. The Kier molecular flexibility index (Phi) is 6.55. The maximum Gasteiger partial charge on any atom is 0.307 e. The molecule has 1 atom stereocenters. The largest absolute Gasteiger partial charge is 0.418 e. The summed E-state index contributed by atoms with van der Waals surface area (Å²) in [6.07, 6.45) is 4.20. The van der Waals surface area contributed by atoms with Crippen molar-refractivity contribution in [3.8, 4) is 0 Å². The Labute approximate surface area is 180 Å².